The van der Waals surface area contributed by atoms with Crippen LogP contribution in [0.3, 0.4) is 0 Å². The number of benzene rings is 1. The number of pyridine rings is 1. The molecule has 4 N–H and O–H groups in total. The van der Waals surface area contributed by atoms with Crippen LogP contribution in [0.2, 0.25) is 0 Å². The number of nitrogens with zero attached hydrogens (tertiary/aromatic N) is 4. The highest BCUT2D eigenvalue weighted by molar-refractivity contribution is 8.25. The summed E-state index contributed by atoms with van der Waals surface area (Å²) in [5, 5.41) is 10.8. The summed E-state index contributed by atoms with van der Waals surface area (Å²) in [6.45, 7) is 5.09. The lowest BCUT2D eigenvalue weighted by Crippen LogP contribution is -2.27. The van der Waals surface area contributed by atoms with Crippen LogP contribution in [0.25, 0.3) is 11.0 Å². The molecule has 4 rings (SSSR count). The van der Waals surface area contributed by atoms with Crippen molar-refractivity contribution in [2.75, 3.05) is 23.9 Å². The minimum Gasteiger partial charge on any atom is -0.457 e. The van der Waals surface area contributed by atoms with Gasteiger partial charge in [-0.05, 0) is 48.0 Å². The SMILES string of the molecule is CCOC(=O)S1=CC(C)CN1Nc1nc(NCc2ccc(S(N)(=O)=O)cc2)c2cccnc2n1. The number of nitrogens with one attached hydrogen (secondary N) is 2. The highest BCUT2D eigenvalue weighted by atomic mass is 32.2. The maximum atomic E-state index is 12.4. The third-order valence-corrected chi connectivity index (χ3v) is 7.72. The molecule has 0 aliphatic carbocycles. The standard InChI is InChI=1S/C21H25N7O4S2/c1-3-32-21(29)33-13-14(2)12-28(33)27-20-25-18-17(5-4-10-23-18)19(26-20)24-11-15-6-8-16(9-7-15)34(22,30)31/h4-10,13-14H,3,11-12H2,1-2H3,(H2,22,30,31)(H2,23,24,25,26,27). The monoisotopic (exact) mass is 503 g/mol. The van der Waals surface area contributed by atoms with Crippen molar-refractivity contribution in [3.05, 3.63) is 48.2 Å². The van der Waals surface area contributed by atoms with Crippen molar-refractivity contribution in [3.63, 3.8) is 0 Å². The van der Waals surface area contributed by atoms with E-state index in [1.165, 1.54) is 12.1 Å². The Kier molecular flexibility index (Phi) is 7.07. The Morgan fingerprint density at radius 1 is 1.26 bits per heavy atom. The van der Waals surface area contributed by atoms with Crippen molar-refractivity contribution in [2.45, 2.75) is 25.3 Å². The van der Waals surface area contributed by atoms with Gasteiger partial charge in [0.2, 0.25) is 16.0 Å². The summed E-state index contributed by atoms with van der Waals surface area (Å²) < 4.78 is 29.9. The molecule has 1 aliphatic heterocycles. The van der Waals surface area contributed by atoms with Gasteiger partial charge in [0.25, 0.3) is 0 Å². The van der Waals surface area contributed by atoms with Crippen LogP contribution in [0.4, 0.5) is 16.6 Å². The van der Waals surface area contributed by atoms with Gasteiger partial charge in [-0.15, -0.1) is 0 Å². The molecular weight excluding hydrogens is 478 g/mol. The van der Waals surface area contributed by atoms with Crippen LogP contribution in [-0.2, 0) is 21.3 Å². The molecule has 1 aromatic carbocycles. The fourth-order valence-corrected chi connectivity index (χ4v) is 5.63. The van der Waals surface area contributed by atoms with Crippen molar-refractivity contribution in [2.24, 2.45) is 11.1 Å². The highest BCUT2D eigenvalue weighted by Crippen LogP contribution is 2.31. The predicted molar refractivity (Wildman–Crippen MR) is 133 cm³/mol. The molecule has 3 heterocycles. The fraction of sp³-hybridized carbons (Fsp3) is 0.286. The zero-order valence-electron chi connectivity index (χ0n) is 18.6. The van der Waals surface area contributed by atoms with Gasteiger partial charge in [-0.2, -0.15) is 14.4 Å². The number of hydrogen-bond acceptors (Lipinski definition) is 10. The fourth-order valence-electron chi connectivity index (χ4n) is 3.34. The first kappa shape index (κ1) is 24.0. The molecule has 2 unspecified atom stereocenters. The summed E-state index contributed by atoms with van der Waals surface area (Å²) in [5.41, 5.74) is 4.47. The van der Waals surface area contributed by atoms with Crippen LogP contribution >= 0.6 is 10.7 Å². The van der Waals surface area contributed by atoms with Crippen molar-refractivity contribution in [3.8, 4) is 0 Å². The summed E-state index contributed by atoms with van der Waals surface area (Å²) in [6.07, 6.45) is 1.64. The second kappa shape index (κ2) is 10.0. The van der Waals surface area contributed by atoms with Gasteiger partial charge in [-0.1, -0.05) is 19.1 Å². The van der Waals surface area contributed by atoms with E-state index in [0.717, 1.165) is 10.9 Å². The van der Waals surface area contributed by atoms with Gasteiger partial charge in [0.1, 0.15) is 5.82 Å². The Hall–Kier alpha value is -3.13. The quantitative estimate of drug-likeness (QED) is 0.324. The lowest BCUT2D eigenvalue weighted by atomic mass is 10.2. The minimum atomic E-state index is -3.75. The molecule has 0 amide bonds. The maximum Gasteiger partial charge on any atom is 0.376 e. The number of carbonyl (C=O) groups is 1. The second-order valence-electron chi connectivity index (χ2n) is 7.60. The molecule has 2 aromatic heterocycles. The Labute approximate surface area is 199 Å². The zero-order valence-corrected chi connectivity index (χ0v) is 20.3. The molecule has 0 saturated carbocycles. The average molecular weight is 504 g/mol. The number of ether oxygens (including phenoxy) is 1. The van der Waals surface area contributed by atoms with Crippen LogP contribution in [0.15, 0.2) is 47.5 Å². The molecule has 3 aromatic rings. The van der Waals surface area contributed by atoms with Gasteiger partial charge in [0.15, 0.2) is 5.65 Å². The van der Waals surface area contributed by atoms with Crippen molar-refractivity contribution in [1.29, 1.82) is 0 Å². The smallest absolute Gasteiger partial charge is 0.376 e. The first-order valence-corrected chi connectivity index (χ1v) is 13.3. The van der Waals surface area contributed by atoms with Crippen molar-refractivity contribution < 1.29 is 17.9 Å². The van der Waals surface area contributed by atoms with E-state index in [-0.39, 0.29) is 16.1 Å². The van der Waals surface area contributed by atoms with E-state index in [2.05, 4.69) is 25.7 Å². The number of carbonyl (C=O) groups excluding carboxylic acids is 1. The number of sulfonamides is 1. The number of rotatable bonds is 7. The highest BCUT2D eigenvalue weighted by Gasteiger charge is 2.27. The third-order valence-electron chi connectivity index (χ3n) is 4.89. The third kappa shape index (κ3) is 5.50. The first-order valence-electron chi connectivity index (χ1n) is 10.5. The number of primary sulfonamides is 1. The van der Waals surface area contributed by atoms with Gasteiger partial charge < -0.3 is 10.1 Å². The summed E-state index contributed by atoms with van der Waals surface area (Å²) in [6, 6.07) is 9.93. The molecule has 1 aliphatic rings. The van der Waals surface area contributed by atoms with Crippen LogP contribution in [0, 0.1) is 5.92 Å². The van der Waals surface area contributed by atoms with Gasteiger partial charge in [-0.25, -0.2) is 23.3 Å². The Balaban J connectivity index is 1.57. The lowest BCUT2D eigenvalue weighted by molar-refractivity contribution is 0.180. The molecule has 0 radical (unpaired) electrons. The van der Waals surface area contributed by atoms with E-state index in [1.54, 1.807) is 35.7 Å². The predicted octanol–water partition coefficient (Wildman–Crippen LogP) is 2.71. The van der Waals surface area contributed by atoms with Gasteiger partial charge >= 0.3 is 5.30 Å². The summed E-state index contributed by atoms with van der Waals surface area (Å²) in [4.78, 5) is 25.9. The topological polar surface area (TPSA) is 152 Å². The van der Waals surface area contributed by atoms with Crippen molar-refractivity contribution >= 4 is 54.2 Å². The van der Waals surface area contributed by atoms with Gasteiger partial charge in [0, 0.05) is 30.0 Å². The number of nitrogens with two attached hydrogens (primary N) is 1. The Bertz CT molecular complexity index is 1350. The van der Waals surface area contributed by atoms with Gasteiger partial charge in [0.05, 0.1) is 16.9 Å². The first-order chi connectivity index (χ1) is 16.2. The van der Waals surface area contributed by atoms with E-state index in [0.29, 0.717) is 37.1 Å². The molecule has 2 atom stereocenters. The number of hydrogen-bond donors (Lipinski definition) is 3. The number of fused-ring (bicyclic) bond motifs is 1. The van der Waals surface area contributed by atoms with E-state index in [9.17, 15) is 13.2 Å². The molecule has 13 heteroatoms. The van der Waals surface area contributed by atoms with Gasteiger partial charge in [-0.3, -0.25) is 5.43 Å². The normalized spacial score (nSPS) is 18.4. The van der Waals surface area contributed by atoms with E-state index in [4.69, 9.17) is 9.88 Å². The minimum absolute atomic E-state index is 0.0491. The average Bonchev–Trinajstić information content (AvgIpc) is 3.17. The van der Waals surface area contributed by atoms with Crippen LogP contribution < -0.4 is 15.9 Å². The van der Waals surface area contributed by atoms with Crippen LogP contribution in [-0.4, -0.2) is 51.6 Å². The molecule has 0 spiro atoms. The lowest BCUT2D eigenvalue weighted by Gasteiger charge is -2.21. The molecule has 0 bridgehead atoms. The van der Waals surface area contributed by atoms with Crippen LogP contribution in [0.1, 0.15) is 19.4 Å². The molecular formula is C21H25N7O4S2. The Morgan fingerprint density at radius 3 is 2.74 bits per heavy atom. The van der Waals surface area contributed by atoms with E-state index in [1.807, 2.05) is 18.4 Å². The molecule has 34 heavy (non-hydrogen) atoms. The molecule has 180 valence electrons. The maximum absolute atomic E-state index is 12.4. The number of hydrazine groups is 1. The second-order valence-corrected chi connectivity index (χ2v) is 10.8. The molecule has 0 fully saturated rings. The summed E-state index contributed by atoms with van der Waals surface area (Å²) in [7, 11) is -4.62. The van der Waals surface area contributed by atoms with E-state index < -0.39 is 20.7 Å². The number of anilines is 2. The zero-order chi connectivity index (χ0) is 24.3. The number of aromatic nitrogens is 3. The summed E-state index contributed by atoms with van der Waals surface area (Å²) in [5.74, 6) is 1.03. The largest absolute Gasteiger partial charge is 0.457 e. The van der Waals surface area contributed by atoms with Crippen LogP contribution in [0.5, 0.6) is 0 Å². The Morgan fingerprint density at radius 2 is 2.03 bits per heavy atom. The van der Waals surface area contributed by atoms with Crippen molar-refractivity contribution in [1.82, 2.24) is 19.4 Å². The van der Waals surface area contributed by atoms with E-state index >= 15 is 0 Å². The summed E-state index contributed by atoms with van der Waals surface area (Å²) >= 11 is 0. The molecule has 11 nitrogen and oxygen atoms in total. The molecule has 0 saturated heterocycles.